The first kappa shape index (κ1) is 24.2. The van der Waals surface area contributed by atoms with Gasteiger partial charge in [-0.3, -0.25) is 14.5 Å². The Morgan fingerprint density at radius 1 is 1.26 bits per heavy atom. The summed E-state index contributed by atoms with van der Waals surface area (Å²) in [6.45, 7) is 1.85. The third-order valence-electron chi connectivity index (χ3n) is 5.82. The molecular formula is C23H20BClF3NO5. The van der Waals surface area contributed by atoms with Crippen LogP contribution >= 0.6 is 11.6 Å². The minimum atomic E-state index is -4.74. The molecule has 0 unspecified atom stereocenters. The number of alkyl halides is 3. The van der Waals surface area contributed by atoms with Crippen LogP contribution in [0.1, 0.15) is 12.0 Å². The van der Waals surface area contributed by atoms with E-state index in [1.54, 1.807) is 18.2 Å². The van der Waals surface area contributed by atoms with Gasteiger partial charge in [0.25, 0.3) is 0 Å². The van der Waals surface area contributed by atoms with Crippen LogP contribution in [0, 0.1) is 5.92 Å². The maximum absolute atomic E-state index is 13.4. The molecule has 0 saturated carbocycles. The summed E-state index contributed by atoms with van der Waals surface area (Å²) in [5, 5.41) is 8.40. The lowest BCUT2D eigenvalue weighted by atomic mass is 9.94. The Kier molecular flexibility index (Phi) is 6.64. The number of aliphatic carboxylic acids is 1. The van der Waals surface area contributed by atoms with Crippen molar-refractivity contribution in [3.63, 3.8) is 0 Å². The molecule has 1 aliphatic heterocycles. The molecule has 1 saturated heterocycles. The molecule has 0 aliphatic carbocycles. The van der Waals surface area contributed by atoms with E-state index in [4.69, 9.17) is 25.9 Å². The molecule has 11 heteroatoms. The number of ether oxygens (including phenoxy) is 1. The van der Waals surface area contributed by atoms with Crippen molar-refractivity contribution in [1.29, 1.82) is 0 Å². The minimum Gasteiger partial charge on any atom is -0.492 e. The highest BCUT2D eigenvalue weighted by atomic mass is 35.5. The van der Waals surface area contributed by atoms with Gasteiger partial charge in [-0.05, 0) is 37.2 Å². The third kappa shape index (κ3) is 4.93. The molecule has 4 rings (SSSR count). The molecule has 1 aliphatic rings. The lowest BCUT2D eigenvalue weighted by Crippen LogP contribution is -2.27. The summed E-state index contributed by atoms with van der Waals surface area (Å²) in [4.78, 5) is 25.9. The maximum Gasteiger partial charge on any atom is 0.417 e. The molecular weight excluding hydrogens is 474 g/mol. The van der Waals surface area contributed by atoms with Crippen LogP contribution in [0.5, 0.6) is 5.75 Å². The van der Waals surface area contributed by atoms with Crippen molar-refractivity contribution >= 4 is 41.8 Å². The molecule has 178 valence electrons. The summed E-state index contributed by atoms with van der Waals surface area (Å²) < 4.78 is 51.9. The molecule has 6 nitrogen and oxygen atoms in total. The zero-order valence-electron chi connectivity index (χ0n) is 18.1. The molecule has 2 heterocycles. The summed E-state index contributed by atoms with van der Waals surface area (Å²) in [6.07, 6.45) is -4.17. The molecule has 1 aromatic heterocycles. The van der Waals surface area contributed by atoms with E-state index in [2.05, 4.69) is 0 Å². The normalized spacial score (nSPS) is 16.8. The lowest BCUT2D eigenvalue weighted by Gasteiger charge is -2.17. The van der Waals surface area contributed by atoms with Crippen LogP contribution in [0.4, 0.5) is 13.2 Å². The maximum atomic E-state index is 13.4. The standard InChI is InChI=1S/C23H20BClF3NO5/c24-13-1-2-14(18(9-13)33-8-7-29-6-5-12(11-29)22(31)32)19-10-17(30)20-15(23(26,27)28)3-4-16(25)21(20)34-19/h1-4,9-10,12H,5-8,11,24H2,(H,31,32)/t12-/m0/s1. The van der Waals surface area contributed by atoms with Gasteiger partial charge in [0.15, 0.2) is 11.0 Å². The van der Waals surface area contributed by atoms with E-state index in [0.29, 0.717) is 37.4 Å². The van der Waals surface area contributed by atoms with Crippen LogP contribution in [-0.2, 0) is 11.0 Å². The van der Waals surface area contributed by atoms with Gasteiger partial charge in [-0.2, -0.15) is 13.2 Å². The largest absolute Gasteiger partial charge is 0.492 e. The first-order valence-electron chi connectivity index (χ1n) is 10.6. The van der Waals surface area contributed by atoms with E-state index in [1.807, 2.05) is 12.7 Å². The van der Waals surface area contributed by atoms with Crippen molar-refractivity contribution < 1.29 is 32.2 Å². The van der Waals surface area contributed by atoms with Crippen LogP contribution in [0.15, 0.2) is 45.6 Å². The second-order valence-corrected chi connectivity index (χ2v) is 8.65. The number of rotatable bonds is 6. The quantitative estimate of drug-likeness (QED) is 0.532. The smallest absolute Gasteiger partial charge is 0.417 e. The summed E-state index contributed by atoms with van der Waals surface area (Å²) in [5.41, 5.74) is -1.07. The summed E-state index contributed by atoms with van der Waals surface area (Å²) in [6, 6.07) is 7.96. The Morgan fingerprint density at radius 2 is 2.03 bits per heavy atom. The van der Waals surface area contributed by atoms with Gasteiger partial charge in [-0.25, -0.2) is 0 Å². The van der Waals surface area contributed by atoms with Crippen molar-refractivity contribution in [2.45, 2.75) is 12.6 Å². The average Bonchev–Trinajstić information content (AvgIpc) is 3.23. The van der Waals surface area contributed by atoms with Crippen molar-refractivity contribution in [1.82, 2.24) is 4.90 Å². The van der Waals surface area contributed by atoms with E-state index in [1.165, 1.54) is 0 Å². The molecule has 2 aromatic carbocycles. The Hall–Kier alpha value is -2.98. The summed E-state index contributed by atoms with van der Waals surface area (Å²) >= 11 is 6.09. The average molecular weight is 494 g/mol. The van der Waals surface area contributed by atoms with Crippen molar-refractivity contribution in [3.8, 4) is 17.1 Å². The predicted molar refractivity (Wildman–Crippen MR) is 124 cm³/mol. The fourth-order valence-corrected chi connectivity index (χ4v) is 4.27. The van der Waals surface area contributed by atoms with E-state index in [-0.39, 0.29) is 23.0 Å². The fraction of sp³-hybridized carbons (Fsp3) is 0.304. The van der Waals surface area contributed by atoms with Crippen LogP contribution in [0.25, 0.3) is 22.3 Å². The zero-order chi connectivity index (χ0) is 24.6. The number of carboxylic acids is 1. The first-order chi connectivity index (χ1) is 16.0. The third-order valence-corrected chi connectivity index (χ3v) is 6.12. The number of benzene rings is 2. The number of nitrogens with zero attached hydrogens (tertiary/aromatic N) is 1. The van der Waals surface area contributed by atoms with E-state index in [0.717, 1.165) is 23.7 Å². The minimum absolute atomic E-state index is 0.0286. The van der Waals surface area contributed by atoms with Gasteiger partial charge in [0.05, 0.1) is 27.5 Å². The number of carboxylic acid groups (broad SMARTS) is 1. The predicted octanol–water partition coefficient (Wildman–Crippen LogP) is 3.18. The topological polar surface area (TPSA) is 80.0 Å². The van der Waals surface area contributed by atoms with E-state index >= 15 is 0 Å². The number of fused-ring (bicyclic) bond motifs is 1. The van der Waals surface area contributed by atoms with Gasteiger partial charge >= 0.3 is 12.1 Å². The highest BCUT2D eigenvalue weighted by molar-refractivity contribution is 6.35. The number of halogens is 4. The van der Waals surface area contributed by atoms with Gasteiger partial charge in [-0.1, -0.05) is 23.1 Å². The molecule has 0 radical (unpaired) electrons. The molecule has 1 atom stereocenters. The lowest BCUT2D eigenvalue weighted by molar-refractivity contribution is -0.141. The second kappa shape index (κ2) is 9.35. The number of likely N-dealkylation sites (tertiary alicyclic amines) is 1. The molecule has 34 heavy (non-hydrogen) atoms. The Labute approximate surface area is 198 Å². The molecule has 1 N–H and O–H groups in total. The van der Waals surface area contributed by atoms with Gasteiger partial charge in [-0.15, -0.1) is 0 Å². The van der Waals surface area contributed by atoms with E-state index < -0.39 is 34.4 Å². The molecule has 0 amide bonds. The van der Waals surface area contributed by atoms with Gasteiger partial charge < -0.3 is 14.3 Å². The molecule has 0 bridgehead atoms. The monoisotopic (exact) mass is 493 g/mol. The fourth-order valence-electron chi connectivity index (χ4n) is 4.08. The highest BCUT2D eigenvalue weighted by Crippen LogP contribution is 2.38. The van der Waals surface area contributed by atoms with Crippen LogP contribution in [0.2, 0.25) is 5.02 Å². The first-order valence-corrected chi connectivity index (χ1v) is 10.9. The number of hydrogen-bond donors (Lipinski definition) is 1. The second-order valence-electron chi connectivity index (χ2n) is 8.24. The zero-order valence-corrected chi connectivity index (χ0v) is 18.9. The Morgan fingerprint density at radius 3 is 2.71 bits per heavy atom. The Bertz CT molecular complexity index is 1310. The van der Waals surface area contributed by atoms with Gasteiger partial charge in [0, 0.05) is 19.2 Å². The molecule has 1 fully saturated rings. The van der Waals surface area contributed by atoms with Gasteiger partial charge in [0.1, 0.15) is 26.0 Å². The van der Waals surface area contributed by atoms with Crippen LogP contribution < -0.4 is 15.6 Å². The summed E-state index contributed by atoms with van der Waals surface area (Å²) in [5.74, 6) is -0.795. The molecule has 3 aromatic rings. The van der Waals surface area contributed by atoms with Crippen molar-refractivity contribution in [2.24, 2.45) is 5.92 Å². The van der Waals surface area contributed by atoms with Gasteiger partial charge in [0.2, 0.25) is 0 Å². The van der Waals surface area contributed by atoms with Crippen molar-refractivity contribution in [2.75, 3.05) is 26.2 Å². The van der Waals surface area contributed by atoms with Crippen LogP contribution in [-0.4, -0.2) is 50.1 Å². The number of carbonyl (C=O) groups is 1. The Balaban J connectivity index is 1.65. The highest BCUT2D eigenvalue weighted by Gasteiger charge is 2.35. The SMILES string of the molecule is Bc1ccc(-c2cc(=O)c3c(C(F)(F)F)ccc(Cl)c3o2)c(OCCN2CC[C@H](C(=O)O)C2)c1. The molecule has 0 spiro atoms. The number of hydrogen-bond acceptors (Lipinski definition) is 5. The van der Waals surface area contributed by atoms with E-state index in [9.17, 15) is 22.8 Å². The van der Waals surface area contributed by atoms with Crippen LogP contribution in [0.3, 0.4) is 0 Å². The van der Waals surface area contributed by atoms with Crippen molar-refractivity contribution in [3.05, 3.63) is 57.2 Å². The summed E-state index contributed by atoms with van der Waals surface area (Å²) in [7, 11) is 1.84.